The lowest BCUT2D eigenvalue weighted by atomic mass is 10.2. The van der Waals surface area contributed by atoms with Gasteiger partial charge < -0.3 is 14.5 Å². The van der Waals surface area contributed by atoms with Crippen molar-refractivity contribution in [1.29, 1.82) is 0 Å². The monoisotopic (exact) mass is 209 g/mol. The molecule has 5 heteroatoms. The largest absolute Gasteiger partial charge is 0.466 e. The SMILES string of the molecule is O=C1CC[C@@H](C(=O)OCc2ccco2)N1. The van der Waals surface area contributed by atoms with Gasteiger partial charge in [0.15, 0.2) is 0 Å². The van der Waals surface area contributed by atoms with E-state index < -0.39 is 12.0 Å². The second-order valence-corrected chi connectivity index (χ2v) is 3.35. The van der Waals surface area contributed by atoms with Crippen LogP contribution in [0, 0.1) is 0 Å². The Morgan fingerprint density at radius 2 is 2.53 bits per heavy atom. The third-order valence-corrected chi connectivity index (χ3v) is 2.22. The summed E-state index contributed by atoms with van der Waals surface area (Å²) in [7, 11) is 0. The predicted molar refractivity (Wildman–Crippen MR) is 49.7 cm³/mol. The minimum absolute atomic E-state index is 0.102. The number of esters is 1. The zero-order chi connectivity index (χ0) is 10.7. The van der Waals surface area contributed by atoms with E-state index in [9.17, 15) is 9.59 Å². The molecular weight excluding hydrogens is 198 g/mol. The molecule has 2 heterocycles. The number of carbonyl (C=O) groups excluding carboxylic acids is 2. The number of ether oxygens (including phenoxy) is 1. The summed E-state index contributed by atoms with van der Waals surface area (Å²) < 4.78 is 9.97. The fourth-order valence-electron chi connectivity index (χ4n) is 1.43. The van der Waals surface area contributed by atoms with Crippen molar-refractivity contribution in [2.24, 2.45) is 0 Å². The smallest absolute Gasteiger partial charge is 0.329 e. The standard InChI is InChI=1S/C10H11NO4/c12-9-4-3-8(11-9)10(13)15-6-7-2-1-5-14-7/h1-2,5,8H,3-4,6H2,(H,11,12)/t8-/m0/s1. The van der Waals surface area contributed by atoms with Crippen LogP contribution in [0.25, 0.3) is 0 Å². The van der Waals surface area contributed by atoms with E-state index in [-0.39, 0.29) is 12.5 Å². The molecule has 15 heavy (non-hydrogen) atoms. The van der Waals surface area contributed by atoms with Crippen molar-refractivity contribution in [2.45, 2.75) is 25.5 Å². The first-order valence-corrected chi connectivity index (χ1v) is 4.74. The Balaban J connectivity index is 1.80. The maximum absolute atomic E-state index is 11.4. The number of furan rings is 1. The quantitative estimate of drug-likeness (QED) is 0.740. The van der Waals surface area contributed by atoms with Crippen LogP contribution >= 0.6 is 0 Å². The van der Waals surface area contributed by atoms with Crippen LogP contribution in [-0.4, -0.2) is 17.9 Å². The Morgan fingerprint density at radius 3 is 3.13 bits per heavy atom. The van der Waals surface area contributed by atoms with Crippen LogP contribution in [-0.2, 0) is 20.9 Å². The second-order valence-electron chi connectivity index (χ2n) is 3.35. The summed E-state index contributed by atoms with van der Waals surface area (Å²) >= 11 is 0. The predicted octanol–water partition coefficient (Wildman–Crippen LogP) is 0.601. The normalized spacial score (nSPS) is 20.0. The van der Waals surface area contributed by atoms with Crippen molar-refractivity contribution >= 4 is 11.9 Å². The van der Waals surface area contributed by atoms with Gasteiger partial charge >= 0.3 is 5.97 Å². The van der Waals surface area contributed by atoms with Gasteiger partial charge in [-0.25, -0.2) is 4.79 Å². The number of carbonyl (C=O) groups is 2. The van der Waals surface area contributed by atoms with Crippen LogP contribution in [0.2, 0.25) is 0 Å². The highest BCUT2D eigenvalue weighted by molar-refractivity contribution is 5.87. The van der Waals surface area contributed by atoms with Crippen LogP contribution in [0.4, 0.5) is 0 Å². The van der Waals surface area contributed by atoms with Gasteiger partial charge in [0.1, 0.15) is 18.4 Å². The van der Waals surface area contributed by atoms with Crippen molar-refractivity contribution < 1.29 is 18.7 Å². The highest BCUT2D eigenvalue weighted by Crippen LogP contribution is 2.09. The summed E-state index contributed by atoms with van der Waals surface area (Å²) in [6, 6.07) is 2.95. The highest BCUT2D eigenvalue weighted by Gasteiger charge is 2.28. The zero-order valence-electron chi connectivity index (χ0n) is 8.06. The fourth-order valence-corrected chi connectivity index (χ4v) is 1.43. The lowest BCUT2D eigenvalue weighted by Crippen LogP contribution is -2.34. The molecule has 1 saturated heterocycles. The number of amides is 1. The van der Waals surface area contributed by atoms with Gasteiger partial charge in [0.2, 0.25) is 5.91 Å². The Morgan fingerprint density at radius 1 is 1.67 bits per heavy atom. The molecular formula is C10H11NO4. The van der Waals surface area contributed by atoms with E-state index in [1.807, 2.05) is 0 Å². The van der Waals surface area contributed by atoms with Crippen LogP contribution in [0.5, 0.6) is 0 Å². The summed E-state index contributed by atoms with van der Waals surface area (Å²) in [6.07, 6.45) is 2.41. The number of nitrogens with one attached hydrogen (secondary N) is 1. The molecule has 1 aliphatic heterocycles. The first-order valence-electron chi connectivity index (χ1n) is 4.74. The molecule has 2 rings (SSSR count). The molecule has 0 aromatic carbocycles. The number of hydrogen-bond acceptors (Lipinski definition) is 4. The molecule has 0 aliphatic carbocycles. The average molecular weight is 209 g/mol. The lowest BCUT2D eigenvalue weighted by molar-refractivity contribution is -0.148. The van der Waals surface area contributed by atoms with E-state index in [4.69, 9.17) is 9.15 Å². The molecule has 0 radical (unpaired) electrons. The van der Waals surface area contributed by atoms with Crippen molar-refractivity contribution in [3.63, 3.8) is 0 Å². The van der Waals surface area contributed by atoms with Crippen LogP contribution in [0.1, 0.15) is 18.6 Å². The van der Waals surface area contributed by atoms with Crippen molar-refractivity contribution in [3.8, 4) is 0 Å². The van der Waals surface area contributed by atoms with E-state index >= 15 is 0 Å². The molecule has 1 fully saturated rings. The van der Waals surface area contributed by atoms with E-state index in [1.165, 1.54) is 6.26 Å². The molecule has 1 amide bonds. The summed E-state index contributed by atoms with van der Waals surface area (Å²) in [5, 5.41) is 2.54. The third-order valence-electron chi connectivity index (χ3n) is 2.22. The maximum Gasteiger partial charge on any atom is 0.329 e. The Bertz CT molecular complexity index is 358. The minimum Gasteiger partial charge on any atom is -0.466 e. The molecule has 0 saturated carbocycles. The molecule has 1 N–H and O–H groups in total. The molecule has 5 nitrogen and oxygen atoms in total. The van der Waals surface area contributed by atoms with E-state index in [2.05, 4.69) is 5.32 Å². The fraction of sp³-hybridized carbons (Fsp3) is 0.400. The minimum atomic E-state index is -0.493. The molecule has 0 unspecified atom stereocenters. The van der Waals surface area contributed by atoms with Gasteiger partial charge in [-0.1, -0.05) is 0 Å². The summed E-state index contributed by atoms with van der Waals surface area (Å²) in [5.74, 6) is 0.0832. The van der Waals surface area contributed by atoms with Gasteiger partial charge in [-0.05, 0) is 18.6 Å². The summed E-state index contributed by atoms with van der Waals surface area (Å²) in [6.45, 7) is 0.109. The number of rotatable bonds is 3. The first kappa shape index (κ1) is 9.76. The van der Waals surface area contributed by atoms with Crippen LogP contribution in [0.3, 0.4) is 0 Å². The van der Waals surface area contributed by atoms with Crippen LogP contribution in [0.15, 0.2) is 22.8 Å². The average Bonchev–Trinajstić information content (AvgIpc) is 2.84. The van der Waals surface area contributed by atoms with Crippen molar-refractivity contribution in [2.75, 3.05) is 0 Å². The highest BCUT2D eigenvalue weighted by atomic mass is 16.5. The molecule has 80 valence electrons. The van der Waals surface area contributed by atoms with E-state index in [1.54, 1.807) is 12.1 Å². The van der Waals surface area contributed by atoms with Gasteiger partial charge in [0.05, 0.1) is 6.26 Å². The Labute approximate surface area is 86.4 Å². The van der Waals surface area contributed by atoms with Crippen LogP contribution < -0.4 is 5.32 Å². The van der Waals surface area contributed by atoms with Crippen molar-refractivity contribution in [3.05, 3.63) is 24.2 Å². The topological polar surface area (TPSA) is 68.5 Å². The molecule has 1 aromatic heterocycles. The molecule has 0 spiro atoms. The van der Waals surface area contributed by atoms with E-state index in [0.29, 0.717) is 18.6 Å². The molecule has 1 atom stereocenters. The lowest BCUT2D eigenvalue weighted by Gasteiger charge is -2.08. The first-order chi connectivity index (χ1) is 7.25. The van der Waals surface area contributed by atoms with Gasteiger partial charge in [-0.15, -0.1) is 0 Å². The van der Waals surface area contributed by atoms with Gasteiger partial charge in [0.25, 0.3) is 0 Å². The summed E-state index contributed by atoms with van der Waals surface area (Å²) in [4.78, 5) is 22.3. The maximum atomic E-state index is 11.4. The third kappa shape index (κ3) is 2.37. The molecule has 1 aromatic rings. The second kappa shape index (κ2) is 4.16. The van der Waals surface area contributed by atoms with Gasteiger partial charge in [0, 0.05) is 6.42 Å². The van der Waals surface area contributed by atoms with Gasteiger partial charge in [-0.3, -0.25) is 4.79 Å². The Kier molecular flexibility index (Phi) is 2.71. The van der Waals surface area contributed by atoms with Gasteiger partial charge in [-0.2, -0.15) is 0 Å². The Hall–Kier alpha value is -1.78. The van der Waals surface area contributed by atoms with E-state index in [0.717, 1.165) is 0 Å². The molecule has 1 aliphatic rings. The van der Waals surface area contributed by atoms with Crippen molar-refractivity contribution in [1.82, 2.24) is 5.32 Å². The molecule has 0 bridgehead atoms. The summed E-state index contributed by atoms with van der Waals surface area (Å²) in [5.41, 5.74) is 0. The zero-order valence-corrected chi connectivity index (χ0v) is 8.06. The number of hydrogen-bond donors (Lipinski definition) is 1.